The summed E-state index contributed by atoms with van der Waals surface area (Å²) in [4.78, 5) is 13.3. The van der Waals surface area contributed by atoms with Crippen molar-refractivity contribution in [3.8, 4) is 11.4 Å². The van der Waals surface area contributed by atoms with Crippen LogP contribution in [-0.4, -0.2) is 26.4 Å². The lowest BCUT2D eigenvalue weighted by atomic mass is 10.2. The first-order valence-electron chi connectivity index (χ1n) is 7.55. The molecule has 0 aliphatic carbocycles. The minimum absolute atomic E-state index is 0.00911. The van der Waals surface area contributed by atoms with Crippen LogP contribution in [0, 0.1) is 0 Å². The second-order valence-corrected chi connectivity index (χ2v) is 7.25. The molecule has 0 fully saturated rings. The average Bonchev–Trinajstić information content (AvgIpc) is 3.24. The summed E-state index contributed by atoms with van der Waals surface area (Å²) in [6, 6.07) is 13.9. The van der Waals surface area contributed by atoms with Crippen molar-refractivity contribution in [1.82, 2.24) is 20.1 Å². The van der Waals surface area contributed by atoms with Crippen molar-refractivity contribution in [3.63, 3.8) is 0 Å². The van der Waals surface area contributed by atoms with Gasteiger partial charge in [-0.2, -0.15) is 0 Å². The second kappa shape index (κ2) is 7.63. The molecular weight excluding hydrogens is 340 g/mol. The van der Waals surface area contributed by atoms with E-state index in [9.17, 15) is 4.79 Å². The van der Waals surface area contributed by atoms with Crippen LogP contribution in [0.1, 0.15) is 17.8 Å². The van der Waals surface area contributed by atoms with Crippen molar-refractivity contribution in [1.29, 1.82) is 0 Å². The molecule has 2 aromatic heterocycles. The third kappa shape index (κ3) is 3.85. The minimum Gasteiger partial charge on any atom is -0.348 e. The standard InChI is InChI=1S/C17H18N4OS2/c1-12(14-9-6-10-23-14)18-15(22)11-24-17-20-19-16(21(17)2)13-7-4-3-5-8-13/h3-10,12H,11H2,1-2H3,(H,18,22)/t12-/m1/s1. The van der Waals surface area contributed by atoms with Gasteiger partial charge in [0.05, 0.1) is 11.8 Å². The van der Waals surface area contributed by atoms with Gasteiger partial charge in [-0.3, -0.25) is 4.79 Å². The number of benzene rings is 1. The fourth-order valence-corrected chi connectivity index (χ4v) is 3.76. The van der Waals surface area contributed by atoms with Gasteiger partial charge in [-0.15, -0.1) is 21.5 Å². The molecule has 0 aliphatic rings. The van der Waals surface area contributed by atoms with Crippen LogP contribution < -0.4 is 5.32 Å². The monoisotopic (exact) mass is 358 g/mol. The molecule has 1 aromatic carbocycles. The summed E-state index contributed by atoms with van der Waals surface area (Å²) in [6.07, 6.45) is 0. The number of thioether (sulfide) groups is 1. The Bertz CT molecular complexity index is 799. The predicted molar refractivity (Wildman–Crippen MR) is 98.0 cm³/mol. The molecule has 0 unspecified atom stereocenters. The minimum atomic E-state index is -0.00911. The zero-order valence-electron chi connectivity index (χ0n) is 13.5. The first-order valence-corrected chi connectivity index (χ1v) is 9.42. The molecule has 1 N–H and O–H groups in total. The highest BCUT2D eigenvalue weighted by molar-refractivity contribution is 7.99. The molecule has 124 valence electrons. The van der Waals surface area contributed by atoms with Gasteiger partial charge in [0.25, 0.3) is 0 Å². The number of aromatic nitrogens is 3. The zero-order valence-corrected chi connectivity index (χ0v) is 15.1. The predicted octanol–water partition coefficient (Wildman–Crippen LogP) is 3.51. The first kappa shape index (κ1) is 16.7. The van der Waals surface area contributed by atoms with Crippen molar-refractivity contribution in [2.75, 3.05) is 5.75 Å². The van der Waals surface area contributed by atoms with Gasteiger partial charge in [-0.05, 0) is 18.4 Å². The van der Waals surface area contributed by atoms with Crippen molar-refractivity contribution in [2.45, 2.75) is 18.1 Å². The molecule has 0 saturated carbocycles. The normalized spacial score (nSPS) is 12.1. The molecule has 0 saturated heterocycles. The Morgan fingerprint density at radius 1 is 1.25 bits per heavy atom. The summed E-state index contributed by atoms with van der Waals surface area (Å²) in [5.74, 6) is 1.10. The number of amides is 1. The van der Waals surface area contributed by atoms with E-state index in [1.165, 1.54) is 11.8 Å². The molecule has 7 heteroatoms. The molecule has 0 radical (unpaired) electrons. The number of nitrogens with one attached hydrogen (secondary N) is 1. The van der Waals surface area contributed by atoms with Crippen molar-refractivity contribution < 1.29 is 4.79 Å². The van der Waals surface area contributed by atoms with Gasteiger partial charge in [0.15, 0.2) is 11.0 Å². The molecule has 5 nitrogen and oxygen atoms in total. The zero-order chi connectivity index (χ0) is 16.9. The Balaban J connectivity index is 1.59. The maximum atomic E-state index is 12.1. The average molecular weight is 358 g/mol. The van der Waals surface area contributed by atoms with Crippen LogP contribution in [0.3, 0.4) is 0 Å². The van der Waals surface area contributed by atoms with E-state index in [-0.39, 0.29) is 11.9 Å². The van der Waals surface area contributed by atoms with Gasteiger partial charge in [0.2, 0.25) is 5.91 Å². The smallest absolute Gasteiger partial charge is 0.230 e. The number of nitrogens with zero attached hydrogens (tertiary/aromatic N) is 3. The molecule has 1 atom stereocenters. The van der Waals surface area contributed by atoms with E-state index in [4.69, 9.17) is 0 Å². The number of hydrogen-bond donors (Lipinski definition) is 1. The lowest BCUT2D eigenvalue weighted by Gasteiger charge is -2.11. The van der Waals surface area contributed by atoms with Gasteiger partial charge in [-0.1, -0.05) is 48.2 Å². The highest BCUT2D eigenvalue weighted by Gasteiger charge is 2.14. The topological polar surface area (TPSA) is 59.8 Å². The molecule has 1 amide bonds. The van der Waals surface area contributed by atoms with Crippen molar-refractivity contribution in [2.24, 2.45) is 7.05 Å². The summed E-state index contributed by atoms with van der Waals surface area (Å²) in [5, 5.41) is 14.2. The third-order valence-electron chi connectivity index (χ3n) is 3.55. The molecule has 3 rings (SSSR count). The van der Waals surface area contributed by atoms with Crippen molar-refractivity contribution >= 4 is 29.0 Å². The Kier molecular flexibility index (Phi) is 5.32. The van der Waals surface area contributed by atoms with E-state index < -0.39 is 0 Å². The summed E-state index contributed by atoms with van der Waals surface area (Å²) >= 11 is 3.03. The van der Waals surface area contributed by atoms with Crippen LogP contribution in [0.4, 0.5) is 0 Å². The van der Waals surface area contributed by atoms with Gasteiger partial charge in [0, 0.05) is 17.5 Å². The summed E-state index contributed by atoms with van der Waals surface area (Å²) in [5.41, 5.74) is 1.01. The fourth-order valence-electron chi connectivity index (χ4n) is 2.30. The van der Waals surface area contributed by atoms with E-state index in [1.807, 2.05) is 66.4 Å². The third-order valence-corrected chi connectivity index (χ3v) is 5.62. The Morgan fingerprint density at radius 2 is 2.04 bits per heavy atom. The molecule has 0 aliphatic heterocycles. The van der Waals surface area contributed by atoms with E-state index in [0.29, 0.717) is 5.75 Å². The number of thiophene rings is 1. The van der Waals surface area contributed by atoms with Crippen LogP contribution in [0.25, 0.3) is 11.4 Å². The van der Waals surface area contributed by atoms with E-state index in [0.717, 1.165) is 21.4 Å². The second-order valence-electron chi connectivity index (χ2n) is 5.32. The molecule has 0 bridgehead atoms. The lowest BCUT2D eigenvalue weighted by Crippen LogP contribution is -2.27. The molecule has 0 spiro atoms. The van der Waals surface area contributed by atoms with E-state index in [2.05, 4.69) is 15.5 Å². The van der Waals surface area contributed by atoms with Gasteiger partial charge in [-0.25, -0.2) is 0 Å². The highest BCUT2D eigenvalue weighted by Crippen LogP contribution is 2.23. The number of carbonyl (C=O) groups is 1. The van der Waals surface area contributed by atoms with Gasteiger partial charge >= 0.3 is 0 Å². The summed E-state index contributed by atoms with van der Waals surface area (Å²) in [6.45, 7) is 1.99. The first-order chi connectivity index (χ1) is 11.6. The van der Waals surface area contributed by atoms with Crippen LogP contribution in [0.2, 0.25) is 0 Å². The van der Waals surface area contributed by atoms with Crippen LogP contribution >= 0.6 is 23.1 Å². The van der Waals surface area contributed by atoms with Gasteiger partial charge < -0.3 is 9.88 Å². The number of carbonyl (C=O) groups excluding carboxylic acids is 1. The van der Waals surface area contributed by atoms with Gasteiger partial charge in [0.1, 0.15) is 0 Å². The van der Waals surface area contributed by atoms with Crippen LogP contribution in [-0.2, 0) is 11.8 Å². The molecule has 24 heavy (non-hydrogen) atoms. The maximum absolute atomic E-state index is 12.1. The maximum Gasteiger partial charge on any atom is 0.230 e. The summed E-state index contributed by atoms with van der Waals surface area (Å²) < 4.78 is 1.91. The number of rotatable bonds is 6. The van der Waals surface area contributed by atoms with Crippen LogP contribution in [0.15, 0.2) is 53.0 Å². The largest absolute Gasteiger partial charge is 0.348 e. The van der Waals surface area contributed by atoms with Crippen LogP contribution in [0.5, 0.6) is 0 Å². The SMILES string of the molecule is C[C@@H](NC(=O)CSc1nnc(-c2ccccc2)n1C)c1cccs1. The summed E-state index contributed by atoms with van der Waals surface area (Å²) in [7, 11) is 1.91. The molecule has 2 heterocycles. The molecular formula is C17H18N4OS2. The highest BCUT2D eigenvalue weighted by atomic mass is 32.2. The molecule has 3 aromatic rings. The van der Waals surface area contributed by atoms with Crippen molar-refractivity contribution in [3.05, 3.63) is 52.7 Å². The van der Waals surface area contributed by atoms with E-state index >= 15 is 0 Å². The fraction of sp³-hybridized carbons (Fsp3) is 0.235. The Hall–Kier alpha value is -2.12. The lowest BCUT2D eigenvalue weighted by molar-refractivity contribution is -0.119. The quantitative estimate of drug-likeness (QED) is 0.685. The Labute approximate surface area is 149 Å². The van der Waals surface area contributed by atoms with E-state index in [1.54, 1.807) is 11.3 Å². The Morgan fingerprint density at radius 3 is 2.75 bits per heavy atom. The number of hydrogen-bond acceptors (Lipinski definition) is 5.